The van der Waals surface area contributed by atoms with E-state index in [0.29, 0.717) is 6.54 Å². The molecule has 0 spiro atoms. The zero-order valence-corrected chi connectivity index (χ0v) is 11.0. The third-order valence-electron chi connectivity index (χ3n) is 2.47. The Hall–Kier alpha value is -1.33. The van der Waals surface area contributed by atoms with E-state index in [2.05, 4.69) is 21.1 Å². The summed E-state index contributed by atoms with van der Waals surface area (Å²) < 4.78 is 11.3. The molecule has 2 rings (SSSR count). The number of halogens is 1. The minimum absolute atomic E-state index is 0.575. The molecule has 2 aromatic rings. The van der Waals surface area contributed by atoms with Crippen molar-refractivity contribution >= 4 is 15.9 Å². The maximum atomic E-state index is 5.54. The second kappa shape index (κ2) is 5.33. The standard InChI is InChI=1S/C12H13BrN2O2/c1-16-11-3-2-8(6-10(11)13)12-9(4-5-14)7-15-17-12/h2-3,6-7H,4-5,14H2,1H3. The average Bonchev–Trinajstić information content (AvgIpc) is 2.78. The quantitative estimate of drug-likeness (QED) is 0.942. The summed E-state index contributed by atoms with van der Waals surface area (Å²) in [6, 6.07) is 5.76. The Morgan fingerprint density at radius 1 is 1.47 bits per heavy atom. The molecule has 2 N–H and O–H groups in total. The smallest absolute Gasteiger partial charge is 0.170 e. The van der Waals surface area contributed by atoms with Crippen LogP contribution in [0.25, 0.3) is 11.3 Å². The van der Waals surface area contributed by atoms with Crippen molar-refractivity contribution in [3.05, 3.63) is 34.4 Å². The summed E-state index contributed by atoms with van der Waals surface area (Å²) in [6.45, 7) is 0.575. The molecule has 0 atom stereocenters. The summed E-state index contributed by atoms with van der Waals surface area (Å²) in [4.78, 5) is 0. The molecule has 0 aliphatic heterocycles. The van der Waals surface area contributed by atoms with Gasteiger partial charge in [0.15, 0.2) is 5.76 Å². The maximum absolute atomic E-state index is 5.54. The van der Waals surface area contributed by atoms with Gasteiger partial charge >= 0.3 is 0 Å². The molecule has 0 radical (unpaired) electrons. The third kappa shape index (κ3) is 2.50. The molecule has 0 unspecified atom stereocenters. The Balaban J connectivity index is 2.39. The largest absolute Gasteiger partial charge is 0.496 e. The molecule has 5 heteroatoms. The van der Waals surface area contributed by atoms with Gasteiger partial charge in [-0.2, -0.15) is 0 Å². The second-order valence-corrected chi connectivity index (χ2v) is 4.42. The van der Waals surface area contributed by atoms with Crippen LogP contribution in [0.3, 0.4) is 0 Å². The van der Waals surface area contributed by atoms with Crippen LogP contribution in [0.5, 0.6) is 5.75 Å². The fourth-order valence-corrected chi connectivity index (χ4v) is 2.18. The molecule has 0 bridgehead atoms. The third-order valence-corrected chi connectivity index (χ3v) is 3.09. The first-order valence-electron chi connectivity index (χ1n) is 5.23. The zero-order valence-electron chi connectivity index (χ0n) is 9.44. The molecular weight excluding hydrogens is 284 g/mol. The van der Waals surface area contributed by atoms with Gasteiger partial charge in [0.05, 0.1) is 17.8 Å². The van der Waals surface area contributed by atoms with Crippen molar-refractivity contribution in [2.75, 3.05) is 13.7 Å². The number of benzene rings is 1. The van der Waals surface area contributed by atoms with Gasteiger partial charge in [0.1, 0.15) is 5.75 Å². The summed E-state index contributed by atoms with van der Waals surface area (Å²) in [5.41, 5.74) is 7.52. The van der Waals surface area contributed by atoms with Gasteiger partial charge in [-0.05, 0) is 47.1 Å². The van der Waals surface area contributed by atoms with Gasteiger partial charge in [-0.1, -0.05) is 5.16 Å². The van der Waals surface area contributed by atoms with E-state index in [1.807, 2.05) is 18.2 Å². The molecule has 0 saturated heterocycles. The van der Waals surface area contributed by atoms with Crippen LogP contribution < -0.4 is 10.5 Å². The first kappa shape index (κ1) is 12.1. The molecule has 0 amide bonds. The highest BCUT2D eigenvalue weighted by molar-refractivity contribution is 9.10. The Morgan fingerprint density at radius 3 is 2.94 bits per heavy atom. The molecule has 0 saturated carbocycles. The fourth-order valence-electron chi connectivity index (χ4n) is 1.64. The van der Waals surface area contributed by atoms with Crippen molar-refractivity contribution in [1.82, 2.24) is 5.16 Å². The summed E-state index contributed by atoms with van der Waals surface area (Å²) in [5, 5.41) is 3.81. The number of hydrogen-bond acceptors (Lipinski definition) is 4. The van der Waals surface area contributed by atoms with Crippen molar-refractivity contribution < 1.29 is 9.26 Å². The second-order valence-electron chi connectivity index (χ2n) is 3.57. The van der Waals surface area contributed by atoms with Crippen LogP contribution in [0, 0.1) is 0 Å². The molecule has 1 heterocycles. The van der Waals surface area contributed by atoms with Gasteiger partial charge in [0.2, 0.25) is 0 Å². The zero-order chi connectivity index (χ0) is 12.3. The number of hydrogen-bond donors (Lipinski definition) is 1. The first-order chi connectivity index (χ1) is 8.26. The lowest BCUT2D eigenvalue weighted by Gasteiger charge is -2.05. The van der Waals surface area contributed by atoms with Crippen LogP contribution >= 0.6 is 15.9 Å². The SMILES string of the molecule is COc1ccc(-c2oncc2CCN)cc1Br. The molecule has 0 fully saturated rings. The minimum atomic E-state index is 0.575. The Morgan fingerprint density at radius 2 is 2.29 bits per heavy atom. The number of nitrogens with two attached hydrogens (primary N) is 1. The average molecular weight is 297 g/mol. The lowest BCUT2D eigenvalue weighted by Crippen LogP contribution is -2.02. The van der Waals surface area contributed by atoms with E-state index in [1.54, 1.807) is 13.3 Å². The summed E-state index contributed by atoms with van der Waals surface area (Å²) in [5.74, 6) is 1.55. The topological polar surface area (TPSA) is 61.3 Å². The van der Waals surface area contributed by atoms with Gasteiger partial charge in [0.25, 0.3) is 0 Å². The molecular formula is C12H13BrN2O2. The molecule has 4 nitrogen and oxygen atoms in total. The monoisotopic (exact) mass is 296 g/mol. The molecule has 17 heavy (non-hydrogen) atoms. The normalized spacial score (nSPS) is 10.5. The van der Waals surface area contributed by atoms with Crippen molar-refractivity contribution in [2.45, 2.75) is 6.42 Å². The predicted molar refractivity (Wildman–Crippen MR) is 68.9 cm³/mol. The van der Waals surface area contributed by atoms with Crippen LogP contribution in [0.15, 0.2) is 33.4 Å². The van der Waals surface area contributed by atoms with Gasteiger partial charge in [0, 0.05) is 11.1 Å². The predicted octanol–water partition coefficient (Wildman–Crippen LogP) is 2.61. The van der Waals surface area contributed by atoms with Crippen LogP contribution in [0.1, 0.15) is 5.56 Å². The highest BCUT2D eigenvalue weighted by Gasteiger charge is 2.11. The van der Waals surface area contributed by atoms with Gasteiger partial charge < -0.3 is 15.0 Å². The number of nitrogens with zero attached hydrogens (tertiary/aromatic N) is 1. The van der Waals surface area contributed by atoms with E-state index in [9.17, 15) is 0 Å². The highest BCUT2D eigenvalue weighted by atomic mass is 79.9. The molecule has 0 aliphatic rings. The van der Waals surface area contributed by atoms with E-state index in [1.165, 1.54) is 0 Å². The minimum Gasteiger partial charge on any atom is -0.496 e. The van der Waals surface area contributed by atoms with E-state index < -0.39 is 0 Å². The lowest BCUT2D eigenvalue weighted by atomic mass is 10.1. The van der Waals surface area contributed by atoms with Crippen molar-refractivity contribution in [1.29, 1.82) is 0 Å². The van der Waals surface area contributed by atoms with E-state index in [0.717, 1.165) is 33.5 Å². The van der Waals surface area contributed by atoms with Crippen molar-refractivity contribution in [3.8, 4) is 17.1 Å². The summed E-state index contributed by atoms with van der Waals surface area (Å²) in [7, 11) is 1.63. The first-order valence-corrected chi connectivity index (χ1v) is 6.03. The Labute approximate surface area is 108 Å². The molecule has 0 aliphatic carbocycles. The van der Waals surface area contributed by atoms with Crippen molar-refractivity contribution in [2.24, 2.45) is 5.73 Å². The Kier molecular flexibility index (Phi) is 3.81. The van der Waals surface area contributed by atoms with Gasteiger partial charge in [-0.3, -0.25) is 0 Å². The molecule has 90 valence electrons. The number of aromatic nitrogens is 1. The Bertz CT molecular complexity index is 511. The maximum Gasteiger partial charge on any atom is 0.170 e. The molecule has 1 aromatic carbocycles. The number of ether oxygens (including phenoxy) is 1. The van der Waals surface area contributed by atoms with Gasteiger partial charge in [-0.25, -0.2) is 0 Å². The number of methoxy groups -OCH3 is 1. The highest BCUT2D eigenvalue weighted by Crippen LogP contribution is 2.32. The van der Waals surface area contributed by atoms with Crippen molar-refractivity contribution in [3.63, 3.8) is 0 Å². The fraction of sp³-hybridized carbons (Fsp3) is 0.250. The van der Waals surface area contributed by atoms with E-state index in [4.69, 9.17) is 15.0 Å². The van der Waals surface area contributed by atoms with Crippen LogP contribution in [-0.2, 0) is 6.42 Å². The number of rotatable bonds is 4. The van der Waals surface area contributed by atoms with Crippen LogP contribution in [-0.4, -0.2) is 18.8 Å². The summed E-state index contributed by atoms with van der Waals surface area (Å²) >= 11 is 3.44. The van der Waals surface area contributed by atoms with Gasteiger partial charge in [-0.15, -0.1) is 0 Å². The van der Waals surface area contributed by atoms with Crippen LogP contribution in [0.2, 0.25) is 0 Å². The van der Waals surface area contributed by atoms with Crippen LogP contribution in [0.4, 0.5) is 0 Å². The molecule has 1 aromatic heterocycles. The van der Waals surface area contributed by atoms with E-state index in [-0.39, 0.29) is 0 Å². The van der Waals surface area contributed by atoms with E-state index >= 15 is 0 Å². The lowest BCUT2D eigenvalue weighted by molar-refractivity contribution is 0.411. The summed E-state index contributed by atoms with van der Waals surface area (Å²) in [6.07, 6.45) is 2.46.